The van der Waals surface area contributed by atoms with Crippen LogP contribution in [0, 0.1) is 23.7 Å². The highest BCUT2D eigenvalue weighted by atomic mass is 35.5. The van der Waals surface area contributed by atoms with E-state index in [0.29, 0.717) is 31.6 Å². The van der Waals surface area contributed by atoms with Crippen LogP contribution in [0.25, 0.3) is 0 Å². The molecule has 8 rings (SSSR count). The normalized spacial score (nSPS) is 46.3. The summed E-state index contributed by atoms with van der Waals surface area (Å²) in [5, 5.41) is 37.1. The average Bonchev–Trinajstić information content (AvgIpc) is 3.64. The van der Waals surface area contributed by atoms with E-state index in [-0.39, 0.29) is 47.7 Å². The fraction of sp³-hybridized carbons (Fsp3) is 0.882. The Labute approximate surface area is 303 Å². The van der Waals surface area contributed by atoms with Crippen molar-refractivity contribution < 1.29 is 53.4 Å². The molecule has 14 atom stereocenters. The Morgan fingerprint density at radius 1 is 0.820 bits per heavy atom. The van der Waals surface area contributed by atoms with E-state index < -0.39 is 64.4 Å². The number of aliphatic hydroxyl groups is 3. The molecule has 0 aromatic rings. The topological polar surface area (TPSA) is 193 Å². The van der Waals surface area contributed by atoms with E-state index >= 15 is 0 Å². The van der Waals surface area contributed by atoms with Crippen LogP contribution in [0.5, 0.6) is 0 Å². The van der Waals surface area contributed by atoms with Gasteiger partial charge in [0.15, 0.2) is 11.2 Å². The molecule has 50 heavy (non-hydrogen) atoms. The van der Waals surface area contributed by atoms with Gasteiger partial charge in [-0.05, 0) is 77.6 Å². The molecule has 8 fully saturated rings. The molecule has 4 unspecified atom stereocenters. The molecule has 2 saturated carbocycles. The van der Waals surface area contributed by atoms with Gasteiger partial charge in [0.25, 0.3) is 0 Å². The fourth-order valence-electron chi connectivity index (χ4n) is 9.72. The lowest BCUT2D eigenvalue weighted by Gasteiger charge is -2.55. The number of epoxide rings is 1. The van der Waals surface area contributed by atoms with Gasteiger partial charge in [0.2, 0.25) is 22.9 Å². The van der Waals surface area contributed by atoms with Crippen LogP contribution in [0.3, 0.4) is 0 Å². The van der Waals surface area contributed by atoms with Gasteiger partial charge in [-0.15, -0.1) is 23.2 Å². The zero-order valence-corrected chi connectivity index (χ0v) is 30.1. The summed E-state index contributed by atoms with van der Waals surface area (Å²) in [5.41, 5.74) is -4.85. The number of aliphatic hydroxyl groups excluding tert-OH is 3. The first-order chi connectivity index (χ1) is 23.7. The molecule has 6 aliphatic heterocycles. The molecule has 0 aromatic heterocycles. The van der Waals surface area contributed by atoms with Gasteiger partial charge in [-0.1, -0.05) is 12.8 Å². The Bertz CT molecular complexity index is 1340. The Kier molecular flexibility index (Phi) is 10.9. The highest BCUT2D eigenvalue weighted by molar-refractivity contribution is 6.18. The third-order valence-electron chi connectivity index (χ3n) is 12.7. The van der Waals surface area contributed by atoms with E-state index in [1.807, 2.05) is 0 Å². The predicted molar refractivity (Wildman–Crippen MR) is 179 cm³/mol. The molecule has 2 radical (unpaired) electrons. The second-order valence-corrected chi connectivity index (χ2v) is 16.2. The number of rotatable bonds is 8. The van der Waals surface area contributed by atoms with Crippen LogP contribution in [-0.2, 0) is 38.1 Å². The van der Waals surface area contributed by atoms with Gasteiger partial charge >= 0.3 is 11.9 Å². The predicted octanol–water partition coefficient (Wildman–Crippen LogP) is 0.963. The second-order valence-electron chi connectivity index (χ2n) is 15.4. The number of fused-ring (bicyclic) bond motifs is 3. The molecule has 13 nitrogen and oxygen atoms in total. The second kappa shape index (κ2) is 14.3. The highest BCUT2D eigenvalue weighted by Gasteiger charge is 2.81. The third kappa shape index (κ3) is 5.87. The zero-order valence-electron chi connectivity index (χ0n) is 28.6. The lowest BCUT2D eigenvalue weighted by molar-refractivity contribution is -0.241. The smallest absolute Gasteiger partial charge is 0.339 e. The number of hydrogen-bond donors (Lipinski definition) is 5. The number of amides is 2. The number of ether oxygens (including phenoxy) is 4. The summed E-state index contributed by atoms with van der Waals surface area (Å²) < 4.78 is 21.2. The Morgan fingerprint density at radius 2 is 1.38 bits per heavy atom. The van der Waals surface area contributed by atoms with Crippen LogP contribution in [0.1, 0.15) is 84.5 Å². The molecule has 278 valence electrons. The fourth-order valence-corrected chi connectivity index (χ4v) is 10.2. The van der Waals surface area contributed by atoms with Gasteiger partial charge in [-0.3, -0.25) is 9.59 Å². The van der Waals surface area contributed by atoms with Crippen LogP contribution in [0.15, 0.2) is 0 Å². The van der Waals surface area contributed by atoms with Crippen molar-refractivity contribution in [3.8, 4) is 0 Å². The summed E-state index contributed by atoms with van der Waals surface area (Å²) in [7, 11) is 5.31. The summed E-state index contributed by atoms with van der Waals surface area (Å²) in [5.74, 6) is -2.56. The minimum absolute atomic E-state index is 0.000228. The molecule has 0 bridgehead atoms. The number of carbonyl (C=O) groups is 4. The highest BCUT2D eigenvalue weighted by Crippen LogP contribution is 2.56. The van der Waals surface area contributed by atoms with E-state index in [1.54, 1.807) is 13.8 Å². The van der Waals surface area contributed by atoms with Gasteiger partial charge in [-0.2, -0.15) is 0 Å². The van der Waals surface area contributed by atoms with Crippen LogP contribution in [0.2, 0.25) is 0 Å². The molecule has 16 heteroatoms. The van der Waals surface area contributed by atoms with Crippen LogP contribution in [0.4, 0.5) is 0 Å². The Balaban J connectivity index is 0.000000148. The maximum Gasteiger partial charge on any atom is 0.339 e. The first-order valence-electron chi connectivity index (χ1n) is 18.0. The lowest BCUT2D eigenvalue weighted by Crippen LogP contribution is -2.80. The zero-order chi connectivity index (χ0) is 36.2. The molecule has 2 aliphatic carbocycles. The summed E-state index contributed by atoms with van der Waals surface area (Å²) in [6.45, 7) is 4.27. The van der Waals surface area contributed by atoms with Crippen molar-refractivity contribution in [2.24, 2.45) is 23.7 Å². The number of hydrogen-bond acceptors (Lipinski definition) is 11. The first kappa shape index (κ1) is 38.1. The summed E-state index contributed by atoms with van der Waals surface area (Å²) in [6.07, 6.45) is 6.09. The Morgan fingerprint density at radius 3 is 1.84 bits per heavy atom. The molecule has 6 saturated heterocycles. The molecule has 2 amide bonds. The quantitative estimate of drug-likeness (QED) is 0.103. The lowest BCUT2D eigenvalue weighted by atomic mass is 9.63. The van der Waals surface area contributed by atoms with Crippen molar-refractivity contribution in [3.05, 3.63) is 0 Å². The maximum absolute atomic E-state index is 12.3. The van der Waals surface area contributed by atoms with Crippen molar-refractivity contribution in [3.63, 3.8) is 0 Å². The van der Waals surface area contributed by atoms with Gasteiger partial charge in [0.1, 0.15) is 7.85 Å². The monoisotopic (exact) mass is 742 g/mol. The molecule has 6 heterocycles. The van der Waals surface area contributed by atoms with Crippen LogP contribution in [-0.4, -0.2) is 124 Å². The number of carbonyl (C=O) groups excluding carboxylic acids is 4. The van der Waals surface area contributed by atoms with Gasteiger partial charge < -0.3 is 44.9 Å². The molecule has 0 spiro atoms. The SMILES string of the molecule is C[C@@]12OC(=O)[C@]1([C@@H](O)[C@H]1CCCC(O)C1)NC(=O)[C@@H]2CCCl.C[C@@]12OC(=O)[C@]1([C@@H](O)[C@H]1CCCC3OC31)NC(=O)[C@@H]2CCCl.[B]C1CCCO1. The molecule has 5 N–H and O–H groups in total. The molecular weight excluding hydrogens is 694 g/mol. The van der Waals surface area contributed by atoms with Gasteiger partial charge in [0.05, 0.1) is 42.4 Å². The summed E-state index contributed by atoms with van der Waals surface area (Å²) >= 11 is 11.5. The largest absolute Gasteiger partial charge is 0.453 e. The van der Waals surface area contributed by atoms with E-state index in [9.17, 15) is 34.5 Å². The standard InChI is InChI=1S/C15H20ClNO5.C15H22ClNO5.C4H7BO/c1-14-8(5-6-16)12(19)17-15(14,13(20)22-14)11(18)7-3-2-4-9-10(7)21-9;1-14-10(5-6-16)12(20)17-15(14,13(21)22-14)11(19)8-3-2-4-9(18)7-8;5-4-2-1-3-6-4/h7-11,18H,2-6H2,1H3,(H,17,19);8-11,18-19H,2-7H2,1H3,(H,17,20);4H,1-3H2/t7-,8-,9?,10?,11-,14-,15-;8-,9?,10-,11-,14-,15-;/m00./s1. The number of alkyl halides is 2. The van der Waals surface area contributed by atoms with E-state index in [1.165, 1.54) is 0 Å². The summed E-state index contributed by atoms with van der Waals surface area (Å²) in [4.78, 5) is 49.1. The first-order valence-corrected chi connectivity index (χ1v) is 19.1. The van der Waals surface area contributed by atoms with E-state index in [2.05, 4.69) is 10.6 Å². The van der Waals surface area contributed by atoms with Crippen LogP contribution < -0.4 is 10.6 Å². The van der Waals surface area contributed by atoms with E-state index in [4.69, 9.17) is 50.0 Å². The number of esters is 2. The third-order valence-corrected chi connectivity index (χ3v) is 13.1. The summed E-state index contributed by atoms with van der Waals surface area (Å²) in [6, 6.07) is 0.0463. The number of halogens is 2. The van der Waals surface area contributed by atoms with Crippen molar-refractivity contribution in [2.45, 2.75) is 143 Å². The Hall–Kier alpha value is -1.68. The minimum atomic E-state index is -1.40. The average molecular weight is 743 g/mol. The molecule has 0 aromatic carbocycles. The maximum atomic E-state index is 12.3. The van der Waals surface area contributed by atoms with Crippen molar-refractivity contribution in [1.82, 2.24) is 10.6 Å². The van der Waals surface area contributed by atoms with Gasteiger partial charge in [-0.25, -0.2) is 9.59 Å². The van der Waals surface area contributed by atoms with Crippen molar-refractivity contribution in [2.75, 3.05) is 18.4 Å². The van der Waals surface area contributed by atoms with Crippen molar-refractivity contribution in [1.29, 1.82) is 0 Å². The molecular formula is C34H49BCl2N2O11. The van der Waals surface area contributed by atoms with Crippen molar-refractivity contribution >= 4 is 54.8 Å². The minimum Gasteiger partial charge on any atom is -0.453 e. The van der Waals surface area contributed by atoms with Crippen LogP contribution >= 0.6 is 23.2 Å². The van der Waals surface area contributed by atoms with E-state index in [0.717, 1.165) is 51.6 Å². The van der Waals surface area contributed by atoms with Gasteiger partial charge in [0, 0.05) is 30.3 Å². The molecule has 8 aliphatic rings. The number of nitrogens with one attached hydrogen (secondary N) is 2.